The molecule has 2 spiro atoms. The molecule has 210 valence electrons. The van der Waals surface area contributed by atoms with E-state index in [1.54, 1.807) is 0 Å². The minimum Gasteiger partial charge on any atom is -0.487 e. The summed E-state index contributed by atoms with van der Waals surface area (Å²) in [7, 11) is 0. The quantitative estimate of drug-likeness (QED) is 0.262. The highest BCUT2D eigenvalue weighted by molar-refractivity contribution is 6.12. The van der Waals surface area contributed by atoms with Crippen molar-refractivity contribution in [3.63, 3.8) is 0 Å². The number of nitrogens with zero attached hydrogens (tertiary/aromatic N) is 1. The van der Waals surface area contributed by atoms with Crippen molar-refractivity contribution < 1.29 is 19.1 Å². The predicted molar refractivity (Wildman–Crippen MR) is 161 cm³/mol. The molecule has 8 rings (SSSR count). The lowest BCUT2D eigenvalue weighted by Crippen LogP contribution is -2.52. The van der Waals surface area contributed by atoms with Crippen LogP contribution in [-0.2, 0) is 10.2 Å². The van der Waals surface area contributed by atoms with Gasteiger partial charge in [0.1, 0.15) is 28.1 Å². The van der Waals surface area contributed by atoms with E-state index in [2.05, 4.69) is 36.4 Å². The molecular weight excluding hydrogens is 522 g/mol. The molecule has 0 bridgehead atoms. The summed E-state index contributed by atoms with van der Waals surface area (Å²) in [6.07, 6.45) is 3.71. The first kappa shape index (κ1) is 25.3. The Hall–Kier alpha value is -4.38. The first-order chi connectivity index (χ1) is 20.3. The topological polar surface area (TPSA) is 55.8 Å². The molecule has 4 aliphatic rings. The average molecular weight is 556 g/mol. The highest BCUT2D eigenvalue weighted by atomic mass is 16.5. The third-order valence-corrected chi connectivity index (χ3v) is 9.69. The summed E-state index contributed by atoms with van der Waals surface area (Å²) in [6.45, 7) is 4.09. The smallest absolute Gasteiger partial charge is 0.243 e. The lowest BCUT2D eigenvalue weighted by Gasteiger charge is -2.47. The number of carbonyl (C=O) groups is 2. The second kappa shape index (κ2) is 8.81. The maximum absolute atomic E-state index is 15.3. The molecular formula is C37H33NO4. The zero-order valence-electron chi connectivity index (χ0n) is 23.9. The number of ether oxygens (including phenoxy) is 2. The van der Waals surface area contributed by atoms with Crippen LogP contribution >= 0.6 is 0 Å². The van der Waals surface area contributed by atoms with Gasteiger partial charge in [0.25, 0.3) is 0 Å². The molecule has 0 N–H and O–H groups in total. The van der Waals surface area contributed by atoms with Crippen LogP contribution < -0.4 is 14.4 Å². The van der Waals surface area contributed by atoms with Gasteiger partial charge in [0.15, 0.2) is 5.78 Å². The largest absolute Gasteiger partial charge is 0.487 e. The number of para-hydroxylation sites is 1. The maximum Gasteiger partial charge on any atom is 0.243 e. The molecule has 1 aliphatic carbocycles. The van der Waals surface area contributed by atoms with Crippen LogP contribution in [0.2, 0.25) is 0 Å². The van der Waals surface area contributed by atoms with Crippen LogP contribution in [0.25, 0.3) is 0 Å². The number of rotatable bonds is 3. The van der Waals surface area contributed by atoms with Crippen molar-refractivity contribution in [3.05, 3.63) is 125 Å². The van der Waals surface area contributed by atoms with E-state index >= 15 is 4.79 Å². The van der Waals surface area contributed by atoms with E-state index in [9.17, 15) is 4.79 Å². The number of ketones is 1. The first-order valence-corrected chi connectivity index (χ1v) is 14.9. The lowest BCUT2D eigenvalue weighted by atomic mass is 9.66. The first-order valence-electron chi connectivity index (χ1n) is 14.9. The van der Waals surface area contributed by atoms with Gasteiger partial charge in [-0.15, -0.1) is 0 Å². The van der Waals surface area contributed by atoms with Gasteiger partial charge in [-0.1, -0.05) is 78.9 Å². The Morgan fingerprint density at radius 1 is 0.738 bits per heavy atom. The van der Waals surface area contributed by atoms with Crippen molar-refractivity contribution in [1.29, 1.82) is 0 Å². The molecule has 3 heterocycles. The molecule has 5 heteroatoms. The highest BCUT2D eigenvalue weighted by Crippen LogP contribution is 2.59. The van der Waals surface area contributed by atoms with Crippen molar-refractivity contribution >= 4 is 17.4 Å². The second-order valence-corrected chi connectivity index (χ2v) is 12.9. The lowest BCUT2D eigenvalue weighted by molar-refractivity contribution is -0.124. The van der Waals surface area contributed by atoms with Gasteiger partial charge >= 0.3 is 0 Å². The van der Waals surface area contributed by atoms with Crippen molar-refractivity contribution in [2.75, 3.05) is 4.90 Å². The molecule has 0 aromatic heterocycles. The molecule has 1 saturated carbocycles. The van der Waals surface area contributed by atoms with E-state index in [-0.39, 0.29) is 23.3 Å². The summed E-state index contributed by atoms with van der Waals surface area (Å²) >= 11 is 0. The molecule has 3 aliphatic heterocycles. The predicted octanol–water partition coefficient (Wildman–Crippen LogP) is 7.56. The summed E-state index contributed by atoms with van der Waals surface area (Å²) in [5, 5.41) is 0. The molecule has 1 unspecified atom stereocenters. The van der Waals surface area contributed by atoms with Crippen LogP contribution in [-0.4, -0.2) is 22.9 Å². The summed E-state index contributed by atoms with van der Waals surface area (Å²) in [5.41, 5.74) is 3.18. The van der Waals surface area contributed by atoms with Gasteiger partial charge in [0.2, 0.25) is 5.91 Å². The third kappa shape index (κ3) is 3.55. The standard InChI is InChI=1S/C37H33NO4/c1-35(2)23-37(28-20-26-30(39)22-36(18-11-19-36)42-31(26)21-32(28)41-35)27-16-9-10-17-29(27)38(34(37)40)33(24-12-5-3-6-13-24)25-14-7-4-8-15-25/h3-10,12-17,20-21,33H,11,18-19,22-23H2,1-2H3. The van der Waals surface area contributed by atoms with E-state index < -0.39 is 11.0 Å². The molecule has 42 heavy (non-hydrogen) atoms. The summed E-state index contributed by atoms with van der Waals surface area (Å²) in [4.78, 5) is 30.9. The van der Waals surface area contributed by atoms with Gasteiger partial charge in [-0.25, -0.2) is 0 Å². The molecule has 0 saturated heterocycles. The number of anilines is 1. The van der Waals surface area contributed by atoms with E-state index in [1.165, 1.54) is 0 Å². The Labute approximate surface area is 246 Å². The van der Waals surface area contributed by atoms with Gasteiger partial charge in [-0.3, -0.25) is 14.5 Å². The van der Waals surface area contributed by atoms with Gasteiger partial charge in [0.05, 0.1) is 18.0 Å². The third-order valence-electron chi connectivity index (χ3n) is 9.69. The van der Waals surface area contributed by atoms with Crippen LogP contribution in [0.4, 0.5) is 5.69 Å². The monoisotopic (exact) mass is 555 g/mol. The summed E-state index contributed by atoms with van der Waals surface area (Å²) < 4.78 is 13.1. The number of hydrogen-bond donors (Lipinski definition) is 0. The fourth-order valence-electron chi connectivity index (χ4n) is 7.78. The Bertz CT molecular complexity index is 1700. The number of fused-ring (bicyclic) bond motifs is 5. The van der Waals surface area contributed by atoms with Crippen LogP contribution in [0.5, 0.6) is 11.5 Å². The molecule has 5 nitrogen and oxygen atoms in total. The molecule has 0 radical (unpaired) electrons. The van der Waals surface area contributed by atoms with Crippen LogP contribution in [0.15, 0.2) is 97.1 Å². The number of hydrogen-bond acceptors (Lipinski definition) is 4. The normalized spacial score (nSPS) is 22.7. The maximum atomic E-state index is 15.3. The van der Waals surface area contributed by atoms with Gasteiger partial charge in [-0.05, 0) is 61.9 Å². The van der Waals surface area contributed by atoms with Crippen LogP contribution in [0.3, 0.4) is 0 Å². The minimum atomic E-state index is -1.02. The number of benzene rings is 4. The van der Waals surface area contributed by atoms with Crippen molar-refractivity contribution in [2.45, 2.75) is 68.6 Å². The minimum absolute atomic E-state index is 0.00128. The van der Waals surface area contributed by atoms with Gasteiger partial charge < -0.3 is 9.47 Å². The van der Waals surface area contributed by atoms with Crippen LogP contribution in [0.1, 0.15) is 84.6 Å². The van der Waals surface area contributed by atoms with E-state index in [0.717, 1.165) is 47.2 Å². The van der Waals surface area contributed by atoms with Crippen molar-refractivity contribution in [2.24, 2.45) is 0 Å². The Morgan fingerprint density at radius 3 is 2.02 bits per heavy atom. The molecule has 1 fully saturated rings. The van der Waals surface area contributed by atoms with E-state index in [0.29, 0.717) is 29.9 Å². The average Bonchev–Trinajstić information content (AvgIpc) is 3.20. The molecule has 4 aromatic carbocycles. The van der Waals surface area contributed by atoms with Crippen molar-refractivity contribution in [1.82, 2.24) is 0 Å². The summed E-state index contributed by atoms with van der Waals surface area (Å²) in [5.74, 6) is 1.29. The molecule has 1 atom stereocenters. The van der Waals surface area contributed by atoms with Crippen LogP contribution in [0, 0.1) is 0 Å². The van der Waals surface area contributed by atoms with E-state index in [1.807, 2.05) is 79.4 Å². The SMILES string of the molecule is CC1(C)CC2(C(=O)N(C(c3ccccc3)c3ccccc3)c3ccccc32)c2cc3c(cc2O1)OC1(CCC1)CC3=O. The number of amides is 1. The van der Waals surface area contributed by atoms with Gasteiger partial charge in [0, 0.05) is 23.7 Å². The van der Waals surface area contributed by atoms with E-state index in [4.69, 9.17) is 9.47 Å². The zero-order chi connectivity index (χ0) is 28.7. The highest BCUT2D eigenvalue weighted by Gasteiger charge is 2.60. The number of carbonyl (C=O) groups excluding carboxylic acids is 2. The molecule has 4 aromatic rings. The summed E-state index contributed by atoms with van der Waals surface area (Å²) in [6, 6.07) is 32.0. The zero-order valence-corrected chi connectivity index (χ0v) is 23.9. The Balaban J connectivity index is 1.36. The Morgan fingerprint density at radius 2 is 1.38 bits per heavy atom. The van der Waals surface area contributed by atoms with Gasteiger partial charge in [-0.2, -0.15) is 0 Å². The van der Waals surface area contributed by atoms with Crippen molar-refractivity contribution in [3.8, 4) is 11.5 Å². The Kier molecular flexibility index (Phi) is 5.32. The second-order valence-electron chi connectivity index (χ2n) is 12.9. The molecule has 1 amide bonds. The number of Topliss-reactive ketones (excluding diaryl/α,β-unsaturated/α-hetero) is 1. The fraction of sp³-hybridized carbons (Fsp3) is 0.297. The fourth-order valence-corrected chi connectivity index (χ4v) is 7.78.